The van der Waals surface area contributed by atoms with Crippen LogP contribution in [-0.2, 0) is 0 Å². The van der Waals surface area contributed by atoms with Crippen molar-refractivity contribution in [3.8, 4) is 10.4 Å². The second-order valence-corrected chi connectivity index (χ2v) is 3.70. The molecule has 3 nitrogen and oxygen atoms in total. The van der Waals surface area contributed by atoms with Crippen LogP contribution in [0.5, 0.6) is 0 Å². The summed E-state index contributed by atoms with van der Waals surface area (Å²) >= 11 is 1.47. The molecule has 0 unspecified atom stereocenters. The van der Waals surface area contributed by atoms with E-state index in [1.807, 2.05) is 17.5 Å². The molecule has 0 saturated heterocycles. The first-order valence-corrected chi connectivity index (χ1v) is 4.91. The Kier molecular flexibility index (Phi) is 2.28. The van der Waals surface area contributed by atoms with Gasteiger partial charge in [-0.2, -0.15) is 0 Å². The smallest absolute Gasteiger partial charge is 0.200 e. The van der Waals surface area contributed by atoms with E-state index in [9.17, 15) is 9.59 Å². The Morgan fingerprint density at radius 1 is 1.36 bits per heavy atom. The number of nitrogens with one attached hydrogen (secondary N) is 1. The van der Waals surface area contributed by atoms with E-state index in [2.05, 4.69) is 4.98 Å². The van der Waals surface area contributed by atoms with Crippen molar-refractivity contribution < 1.29 is 4.79 Å². The Balaban J connectivity index is 2.66. The van der Waals surface area contributed by atoms with Crippen molar-refractivity contribution in [2.45, 2.75) is 0 Å². The normalized spacial score (nSPS) is 10.0. The molecule has 1 N–H and O–H groups in total. The Morgan fingerprint density at radius 3 is 2.86 bits per heavy atom. The second-order valence-electron chi connectivity index (χ2n) is 2.75. The van der Waals surface area contributed by atoms with Gasteiger partial charge in [0.25, 0.3) is 0 Å². The number of thiophene rings is 1. The molecule has 0 amide bonds. The predicted octanol–water partition coefficient (Wildman–Crippen LogP) is 1.92. The number of carbonyl (C=O) groups excluding carboxylic acids is 1. The van der Waals surface area contributed by atoms with Gasteiger partial charge in [-0.25, -0.2) is 0 Å². The fourth-order valence-corrected chi connectivity index (χ4v) is 1.94. The summed E-state index contributed by atoms with van der Waals surface area (Å²) in [5, 5.41) is 1.89. The molecule has 0 saturated carbocycles. The third-order valence-electron chi connectivity index (χ3n) is 1.89. The average molecular weight is 205 g/mol. The van der Waals surface area contributed by atoms with Crippen LogP contribution in [0, 0.1) is 0 Å². The molecule has 0 spiro atoms. The number of rotatable bonds is 2. The van der Waals surface area contributed by atoms with Crippen LogP contribution in [0.15, 0.2) is 34.7 Å². The molecule has 2 heterocycles. The molecule has 0 bridgehead atoms. The highest BCUT2D eigenvalue weighted by Crippen LogP contribution is 2.20. The predicted molar refractivity (Wildman–Crippen MR) is 55.8 cm³/mol. The summed E-state index contributed by atoms with van der Waals surface area (Å²) in [6, 6.07) is 3.72. The highest BCUT2D eigenvalue weighted by molar-refractivity contribution is 7.13. The van der Waals surface area contributed by atoms with Gasteiger partial charge in [0.05, 0.1) is 11.1 Å². The monoisotopic (exact) mass is 205 g/mol. The first kappa shape index (κ1) is 8.90. The molecular weight excluding hydrogens is 198 g/mol. The maximum absolute atomic E-state index is 11.7. The van der Waals surface area contributed by atoms with Gasteiger partial charge in [0.15, 0.2) is 6.29 Å². The topological polar surface area (TPSA) is 49.9 Å². The molecule has 0 aliphatic heterocycles. The summed E-state index contributed by atoms with van der Waals surface area (Å²) in [6.45, 7) is 0. The van der Waals surface area contributed by atoms with E-state index in [0.29, 0.717) is 11.8 Å². The van der Waals surface area contributed by atoms with Crippen LogP contribution in [0.2, 0.25) is 0 Å². The molecule has 4 heteroatoms. The van der Waals surface area contributed by atoms with Crippen molar-refractivity contribution >= 4 is 17.6 Å². The first-order chi connectivity index (χ1) is 6.83. The lowest BCUT2D eigenvalue weighted by Gasteiger charge is -1.96. The highest BCUT2D eigenvalue weighted by Gasteiger charge is 2.06. The number of hydrogen-bond donors (Lipinski definition) is 1. The summed E-state index contributed by atoms with van der Waals surface area (Å²) in [5.41, 5.74) is 0.488. The molecule has 2 aromatic rings. The zero-order valence-electron chi connectivity index (χ0n) is 7.19. The molecule has 70 valence electrons. The minimum absolute atomic E-state index is 0.163. The second kappa shape index (κ2) is 3.59. The number of aromatic nitrogens is 1. The first-order valence-electron chi connectivity index (χ1n) is 4.03. The van der Waals surface area contributed by atoms with Crippen LogP contribution in [0.3, 0.4) is 0 Å². The minimum atomic E-state index is -0.221. The zero-order valence-corrected chi connectivity index (χ0v) is 8.01. The SMILES string of the molecule is O=Cc1c[nH]cc(-c2cccs2)c1=O. The maximum atomic E-state index is 11.7. The Bertz CT molecular complexity index is 499. The number of aldehydes is 1. The van der Waals surface area contributed by atoms with E-state index >= 15 is 0 Å². The summed E-state index contributed by atoms with van der Waals surface area (Å²) in [5.74, 6) is 0. The molecule has 0 aliphatic carbocycles. The third kappa shape index (κ3) is 1.40. The Labute approximate surface area is 84.0 Å². The van der Waals surface area contributed by atoms with E-state index in [-0.39, 0.29) is 11.0 Å². The maximum Gasteiger partial charge on any atom is 0.200 e. The zero-order chi connectivity index (χ0) is 9.97. The number of pyridine rings is 1. The molecule has 0 radical (unpaired) electrons. The fraction of sp³-hybridized carbons (Fsp3) is 0. The van der Waals surface area contributed by atoms with Crippen LogP contribution in [-0.4, -0.2) is 11.3 Å². The molecule has 0 atom stereocenters. The quantitative estimate of drug-likeness (QED) is 0.761. The van der Waals surface area contributed by atoms with Gasteiger partial charge < -0.3 is 4.98 Å². The van der Waals surface area contributed by atoms with Gasteiger partial charge in [-0.15, -0.1) is 11.3 Å². The summed E-state index contributed by atoms with van der Waals surface area (Å²) in [4.78, 5) is 25.8. The number of carbonyl (C=O) groups is 1. The van der Waals surface area contributed by atoms with Crippen molar-refractivity contribution in [3.05, 3.63) is 45.7 Å². The van der Waals surface area contributed by atoms with Gasteiger partial charge in [0, 0.05) is 17.3 Å². The van der Waals surface area contributed by atoms with E-state index in [0.717, 1.165) is 4.88 Å². The highest BCUT2D eigenvalue weighted by atomic mass is 32.1. The van der Waals surface area contributed by atoms with Crippen molar-refractivity contribution in [1.29, 1.82) is 0 Å². The molecule has 2 aromatic heterocycles. The average Bonchev–Trinajstić information content (AvgIpc) is 2.71. The van der Waals surface area contributed by atoms with E-state index < -0.39 is 0 Å². The van der Waals surface area contributed by atoms with Crippen molar-refractivity contribution in [2.75, 3.05) is 0 Å². The molecule has 2 rings (SSSR count). The number of H-pyrrole nitrogens is 1. The van der Waals surface area contributed by atoms with Gasteiger partial charge in [-0.3, -0.25) is 9.59 Å². The number of hydrogen-bond acceptors (Lipinski definition) is 3. The molecular formula is C10H7NO2S. The van der Waals surface area contributed by atoms with Crippen LogP contribution >= 0.6 is 11.3 Å². The Morgan fingerprint density at radius 2 is 2.21 bits per heavy atom. The van der Waals surface area contributed by atoms with Gasteiger partial charge in [-0.05, 0) is 11.4 Å². The lowest BCUT2D eigenvalue weighted by molar-refractivity contribution is 0.112. The van der Waals surface area contributed by atoms with Crippen LogP contribution in [0.4, 0.5) is 0 Å². The van der Waals surface area contributed by atoms with E-state index in [4.69, 9.17) is 0 Å². The van der Waals surface area contributed by atoms with Crippen LogP contribution in [0.1, 0.15) is 10.4 Å². The summed E-state index contributed by atoms with van der Waals surface area (Å²) < 4.78 is 0. The van der Waals surface area contributed by atoms with Gasteiger partial charge in [0.2, 0.25) is 5.43 Å². The molecule has 14 heavy (non-hydrogen) atoms. The van der Waals surface area contributed by atoms with Gasteiger partial charge in [0.1, 0.15) is 0 Å². The fourth-order valence-electron chi connectivity index (χ4n) is 1.20. The molecule has 0 aromatic carbocycles. The third-order valence-corrected chi connectivity index (χ3v) is 2.79. The standard InChI is InChI=1S/C10H7NO2S/c12-6-7-4-11-5-8(10(7)13)9-2-1-3-14-9/h1-6H,(H,11,13). The largest absolute Gasteiger partial charge is 0.366 e. The number of aromatic amines is 1. The lowest BCUT2D eigenvalue weighted by Crippen LogP contribution is -2.10. The van der Waals surface area contributed by atoms with Crippen molar-refractivity contribution in [1.82, 2.24) is 4.98 Å². The van der Waals surface area contributed by atoms with E-state index in [1.54, 1.807) is 6.20 Å². The lowest BCUT2D eigenvalue weighted by atomic mass is 10.2. The van der Waals surface area contributed by atoms with Crippen LogP contribution in [0.25, 0.3) is 10.4 Å². The summed E-state index contributed by atoms with van der Waals surface area (Å²) in [6.07, 6.45) is 3.59. The van der Waals surface area contributed by atoms with Gasteiger partial charge >= 0.3 is 0 Å². The molecule has 0 aliphatic rings. The molecule has 0 fully saturated rings. The van der Waals surface area contributed by atoms with Crippen molar-refractivity contribution in [2.24, 2.45) is 0 Å². The van der Waals surface area contributed by atoms with Crippen molar-refractivity contribution in [3.63, 3.8) is 0 Å². The van der Waals surface area contributed by atoms with E-state index in [1.165, 1.54) is 17.5 Å². The van der Waals surface area contributed by atoms with Gasteiger partial charge in [-0.1, -0.05) is 6.07 Å². The van der Waals surface area contributed by atoms with Crippen LogP contribution < -0.4 is 5.43 Å². The summed E-state index contributed by atoms with van der Waals surface area (Å²) in [7, 11) is 0. The Hall–Kier alpha value is -1.68. The minimum Gasteiger partial charge on any atom is -0.366 e.